The molecular weight excluding hydrogens is 290 g/mol. The van der Waals surface area contributed by atoms with E-state index in [9.17, 15) is 9.59 Å². The number of hydrogen-bond donors (Lipinski definition) is 0. The molecule has 0 spiro atoms. The van der Waals surface area contributed by atoms with E-state index in [0.29, 0.717) is 13.0 Å². The summed E-state index contributed by atoms with van der Waals surface area (Å²) in [4.78, 5) is 26.2. The van der Waals surface area contributed by atoms with Crippen molar-refractivity contribution in [2.24, 2.45) is 0 Å². The molecule has 0 atom stereocenters. The van der Waals surface area contributed by atoms with E-state index >= 15 is 0 Å². The monoisotopic (exact) mass is 319 g/mol. The van der Waals surface area contributed by atoms with Crippen molar-refractivity contribution < 1.29 is 14.3 Å². The van der Waals surface area contributed by atoms with Crippen LogP contribution in [0.1, 0.15) is 49.9 Å². The molecule has 0 saturated carbocycles. The number of amides is 1. The molecule has 23 heavy (non-hydrogen) atoms. The summed E-state index contributed by atoms with van der Waals surface area (Å²) < 4.78 is 5.00. The second-order valence-corrected chi connectivity index (χ2v) is 7.01. The lowest BCUT2D eigenvalue weighted by Gasteiger charge is -2.35. The highest BCUT2D eigenvalue weighted by molar-refractivity contribution is 5.84. The summed E-state index contributed by atoms with van der Waals surface area (Å²) in [5.74, 6) is -0.422. The fourth-order valence-electron chi connectivity index (χ4n) is 2.77. The van der Waals surface area contributed by atoms with Gasteiger partial charge >= 0.3 is 5.97 Å². The van der Waals surface area contributed by atoms with Crippen LogP contribution in [0.5, 0.6) is 0 Å². The molecule has 0 aliphatic rings. The maximum absolute atomic E-state index is 12.8. The average molecular weight is 319 g/mol. The largest absolute Gasteiger partial charge is 0.465 e. The number of carbonyl (C=O) groups excluding carboxylic acids is 2. The number of rotatable bonds is 5. The maximum Gasteiger partial charge on any atom is 0.325 e. The van der Waals surface area contributed by atoms with Crippen molar-refractivity contribution in [2.45, 2.75) is 60.4 Å². The normalized spacial score (nSPS) is 11.3. The Hall–Kier alpha value is -1.84. The first-order valence-electron chi connectivity index (χ1n) is 8.09. The molecule has 0 fully saturated rings. The van der Waals surface area contributed by atoms with Gasteiger partial charge in [-0.3, -0.25) is 9.59 Å². The van der Waals surface area contributed by atoms with Gasteiger partial charge in [-0.25, -0.2) is 0 Å². The number of nitrogens with zero attached hydrogens (tertiary/aromatic N) is 1. The highest BCUT2D eigenvalue weighted by atomic mass is 16.5. The van der Waals surface area contributed by atoms with Gasteiger partial charge in [-0.15, -0.1) is 0 Å². The van der Waals surface area contributed by atoms with Crippen LogP contribution >= 0.6 is 0 Å². The van der Waals surface area contributed by atoms with Gasteiger partial charge in [0.25, 0.3) is 0 Å². The van der Waals surface area contributed by atoms with Crippen LogP contribution in [-0.2, 0) is 20.7 Å². The average Bonchev–Trinajstić information content (AvgIpc) is 2.39. The van der Waals surface area contributed by atoms with Crippen LogP contribution in [-0.4, -0.2) is 35.5 Å². The molecule has 4 heteroatoms. The molecule has 0 saturated heterocycles. The lowest BCUT2D eigenvalue weighted by atomic mass is 9.96. The third kappa shape index (κ3) is 5.38. The predicted octanol–water partition coefficient (Wildman–Crippen LogP) is 3.34. The Morgan fingerprint density at radius 2 is 1.61 bits per heavy atom. The van der Waals surface area contributed by atoms with Crippen molar-refractivity contribution in [3.63, 3.8) is 0 Å². The topological polar surface area (TPSA) is 46.6 Å². The Balaban J connectivity index is 3.01. The Kier molecular flexibility index (Phi) is 6.37. The van der Waals surface area contributed by atoms with Crippen molar-refractivity contribution in [1.29, 1.82) is 0 Å². The first kappa shape index (κ1) is 19.2. The van der Waals surface area contributed by atoms with E-state index in [1.54, 1.807) is 11.8 Å². The van der Waals surface area contributed by atoms with Gasteiger partial charge in [0.1, 0.15) is 6.54 Å². The van der Waals surface area contributed by atoms with E-state index in [2.05, 4.69) is 12.1 Å². The van der Waals surface area contributed by atoms with Crippen LogP contribution in [0.15, 0.2) is 12.1 Å². The summed E-state index contributed by atoms with van der Waals surface area (Å²) in [6, 6.07) is 4.17. The van der Waals surface area contributed by atoms with Crippen LogP contribution in [0.3, 0.4) is 0 Å². The van der Waals surface area contributed by atoms with Crippen molar-refractivity contribution >= 4 is 11.9 Å². The summed E-state index contributed by atoms with van der Waals surface area (Å²) >= 11 is 0. The molecule has 0 unspecified atom stereocenters. The molecule has 0 aliphatic carbocycles. The molecule has 1 aromatic carbocycles. The molecule has 0 aromatic heterocycles. The van der Waals surface area contributed by atoms with Gasteiger partial charge in [0.05, 0.1) is 13.0 Å². The van der Waals surface area contributed by atoms with E-state index in [-0.39, 0.29) is 18.4 Å². The van der Waals surface area contributed by atoms with Gasteiger partial charge in [0, 0.05) is 5.54 Å². The Morgan fingerprint density at radius 3 is 2.04 bits per heavy atom. The van der Waals surface area contributed by atoms with Crippen molar-refractivity contribution in [3.8, 4) is 0 Å². The van der Waals surface area contributed by atoms with E-state index < -0.39 is 5.54 Å². The molecule has 0 aliphatic heterocycles. The molecule has 0 heterocycles. The summed E-state index contributed by atoms with van der Waals surface area (Å²) in [5, 5.41) is 0. The molecule has 4 nitrogen and oxygen atoms in total. The van der Waals surface area contributed by atoms with E-state index in [1.807, 2.05) is 41.5 Å². The van der Waals surface area contributed by atoms with Gasteiger partial charge in [-0.2, -0.15) is 0 Å². The van der Waals surface area contributed by atoms with E-state index in [0.717, 1.165) is 16.7 Å². The van der Waals surface area contributed by atoms with Crippen LogP contribution in [0.4, 0.5) is 0 Å². The molecule has 0 radical (unpaired) electrons. The first-order chi connectivity index (χ1) is 10.6. The molecule has 0 N–H and O–H groups in total. The molecule has 128 valence electrons. The first-order valence-corrected chi connectivity index (χ1v) is 8.09. The second kappa shape index (κ2) is 7.62. The highest BCUT2D eigenvalue weighted by Gasteiger charge is 2.29. The molecular formula is C19H29NO3. The number of benzene rings is 1. The Bertz CT molecular complexity index is 562. The SMILES string of the molecule is CCOC(=O)CN(C(=O)Cc1c(C)cc(C)cc1C)C(C)(C)C. The fourth-order valence-corrected chi connectivity index (χ4v) is 2.77. The van der Waals surface area contributed by atoms with Crippen molar-refractivity contribution in [2.75, 3.05) is 13.2 Å². The maximum atomic E-state index is 12.8. The van der Waals surface area contributed by atoms with Gasteiger partial charge in [-0.05, 0) is 65.2 Å². The quantitative estimate of drug-likeness (QED) is 0.782. The molecule has 1 amide bonds. The minimum atomic E-state index is -0.434. The van der Waals surface area contributed by atoms with Gasteiger partial charge < -0.3 is 9.64 Å². The fraction of sp³-hybridized carbons (Fsp3) is 0.579. The molecule has 1 aromatic rings. The summed E-state index contributed by atoms with van der Waals surface area (Å²) in [7, 11) is 0. The minimum absolute atomic E-state index is 0.0138. The Labute approximate surface area is 139 Å². The lowest BCUT2D eigenvalue weighted by Crippen LogP contribution is -2.49. The number of esters is 1. The van der Waals surface area contributed by atoms with Crippen LogP contribution in [0.25, 0.3) is 0 Å². The van der Waals surface area contributed by atoms with E-state index in [4.69, 9.17) is 4.74 Å². The Morgan fingerprint density at radius 1 is 1.09 bits per heavy atom. The lowest BCUT2D eigenvalue weighted by molar-refractivity contribution is -0.152. The van der Waals surface area contributed by atoms with Crippen LogP contribution in [0.2, 0.25) is 0 Å². The zero-order valence-corrected chi connectivity index (χ0v) is 15.4. The van der Waals surface area contributed by atoms with Crippen molar-refractivity contribution in [1.82, 2.24) is 4.90 Å². The van der Waals surface area contributed by atoms with Gasteiger partial charge in [0.2, 0.25) is 5.91 Å². The number of hydrogen-bond acceptors (Lipinski definition) is 3. The third-order valence-corrected chi connectivity index (χ3v) is 3.87. The third-order valence-electron chi connectivity index (χ3n) is 3.87. The molecule has 0 bridgehead atoms. The minimum Gasteiger partial charge on any atom is -0.465 e. The highest BCUT2D eigenvalue weighted by Crippen LogP contribution is 2.20. The van der Waals surface area contributed by atoms with Gasteiger partial charge in [-0.1, -0.05) is 17.7 Å². The van der Waals surface area contributed by atoms with Gasteiger partial charge in [0.15, 0.2) is 0 Å². The summed E-state index contributed by atoms with van der Waals surface area (Å²) in [6.45, 7) is 14.0. The number of aryl methyl sites for hydroxylation is 3. The van der Waals surface area contributed by atoms with Crippen LogP contribution in [0, 0.1) is 20.8 Å². The summed E-state index contributed by atoms with van der Waals surface area (Å²) in [5.41, 5.74) is 4.02. The standard InChI is InChI=1S/C19H29NO3/c1-8-23-18(22)12-20(19(5,6)7)17(21)11-16-14(3)9-13(2)10-15(16)4/h9-10H,8,11-12H2,1-7H3. The molecule has 1 rings (SSSR count). The smallest absolute Gasteiger partial charge is 0.325 e. The summed E-state index contributed by atoms with van der Waals surface area (Å²) in [6.07, 6.45) is 0.300. The van der Waals surface area contributed by atoms with E-state index in [1.165, 1.54) is 5.56 Å². The number of carbonyl (C=O) groups is 2. The second-order valence-electron chi connectivity index (χ2n) is 7.01. The zero-order valence-electron chi connectivity index (χ0n) is 15.4. The number of ether oxygens (including phenoxy) is 1. The van der Waals surface area contributed by atoms with Crippen molar-refractivity contribution in [3.05, 3.63) is 34.4 Å². The van der Waals surface area contributed by atoms with Crippen LogP contribution < -0.4 is 0 Å². The predicted molar refractivity (Wildman–Crippen MR) is 92.5 cm³/mol. The zero-order chi connectivity index (χ0) is 17.8.